The van der Waals surface area contributed by atoms with Crippen molar-refractivity contribution in [1.29, 1.82) is 0 Å². The van der Waals surface area contributed by atoms with Crippen LogP contribution in [-0.2, 0) is 0 Å². The summed E-state index contributed by atoms with van der Waals surface area (Å²) in [5.74, 6) is 0. The number of rotatable bonds is 2. The van der Waals surface area contributed by atoms with Crippen molar-refractivity contribution in [2.45, 2.75) is 56.5 Å². The molecular weight excluding hydrogens is 198 g/mol. The third-order valence-corrected chi connectivity index (χ3v) is 4.00. The highest BCUT2D eigenvalue weighted by Crippen LogP contribution is 2.31. The topological polar surface area (TPSA) is 29.3 Å². The van der Waals surface area contributed by atoms with E-state index in [1.54, 1.807) is 0 Å². The summed E-state index contributed by atoms with van der Waals surface area (Å²) in [6, 6.07) is 0.646. The largest absolute Gasteiger partial charge is 0.320 e. The Morgan fingerprint density at radius 1 is 1.13 bits per heavy atom. The van der Waals surface area contributed by atoms with Gasteiger partial charge in [-0.2, -0.15) is 0 Å². The number of likely N-dealkylation sites (tertiary alicyclic amines) is 1. The van der Waals surface area contributed by atoms with Crippen molar-refractivity contribution < 1.29 is 8.78 Å². The van der Waals surface area contributed by atoms with Crippen LogP contribution in [0.25, 0.3) is 0 Å². The van der Waals surface area contributed by atoms with Gasteiger partial charge in [-0.15, -0.1) is 0 Å². The molecule has 0 bridgehead atoms. The van der Waals surface area contributed by atoms with Gasteiger partial charge in [0.15, 0.2) is 0 Å². The van der Waals surface area contributed by atoms with Gasteiger partial charge in [0, 0.05) is 19.1 Å². The molecule has 0 amide bonds. The van der Waals surface area contributed by atoms with E-state index in [1.165, 1.54) is 25.7 Å². The van der Waals surface area contributed by atoms with Gasteiger partial charge in [0.05, 0.1) is 5.54 Å². The van der Waals surface area contributed by atoms with E-state index >= 15 is 0 Å². The molecule has 2 fully saturated rings. The van der Waals surface area contributed by atoms with Gasteiger partial charge < -0.3 is 10.6 Å². The second-order valence-corrected chi connectivity index (χ2v) is 5.01. The normalized spacial score (nSPS) is 28.8. The average Bonchev–Trinajstić information content (AvgIpc) is 2.72. The predicted molar refractivity (Wildman–Crippen MR) is 56.0 cm³/mol. The van der Waals surface area contributed by atoms with Gasteiger partial charge >= 0.3 is 0 Å². The van der Waals surface area contributed by atoms with Crippen LogP contribution in [0.3, 0.4) is 0 Å². The summed E-state index contributed by atoms with van der Waals surface area (Å²) in [5, 5.41) is 0. The van der Waals surface area contributed by atoms with Crippen molar-refractivity contribution in [3.8, 4) is 0 Å². The summed E-state index contributed by atoms with van der Waals surface area (Å²) in [7, 11) is 0. The molecule has 0 spiro atoms. The lowest BCUT2D eigenvalue weighted by atomic mass is 9.88. The summed E-state index contributed by atoms with van der Waals surface area (Å²) in [4.78, 5) is 2.36. The standard InChI is InChI=1S/C11H20F2N2/c12-10(13)11(14)5-7-15(8-6-11)9-3-1-2-4-9/h9-10H,1-8,14H2. The number of hydrogen-bond acceptors (Lipinski definition) is 2. The first-order valence-electron chi connectivity index (χ1n) is 5.93. The molecule has 0 aromatic carbocycles. The molecule has 1 saturated carbocycles. The van der Waals surface area contributed by atoms with Gasteiger partial charge in [0.1, 0.15) is 0 Å². The summed E-state index contributed by atoms with van der Waals surface area (Å²) >= 11 is 0. The summed E-state index contributed by atoms with van der Waals surface area (Å²) < 4.78 is 25.3. The highest BCUT2D eigenvalue weighted by Gasteiger charge is 2.40. The van der Waals surface area contributed by atoms with Crippen LogP contribution in [0.1, 0.15) is 38.5 Å². The molecule has 0 atom stereocenters. The molecule has 0 aromatic heterocycles. The Bertz CT molecular complexity index is 207. The van der Waals surface area contributed by atoms with Crippen molar-refractivity contribution in [2.75, 3.05) is 13.1 Å². The number of alkyl halides is 2. The maximum atomic E-state index is 12.7. The minimum Gasteiger partial charge on any atom is -0.320 e. The van der Waals surface area contributed by atoms with Crippen molar-refractivity contribution in [1.82, 2.24) is 4.90 Å². The molecule has 0 aromatic rings. The van der Waals surface area contributed by atoms with E-state index < -0.39 is 12.0 Å². The first-order valence-corrected chi connectivity index (χ1v) is 5.93. The zero-order valence-electron chi connectivity index (χ0n) is 9.09. The van der Waals surface area contributed by atoms with Crippen molar-refractivity contribution in [3.63, 3.8) is 0 Å². The van der Waals surface area contributed by atoms with E-state index in [0.717, 1.165) is 13.1 Å². The van der Waals surface area contributed by atoms with Crippen LogP contribution in [0, 0.1) is 0 Å². The molecule has 4 heteroatoms. The van der Waals surface area contributed by atoms with E-state index in [1.807, 2.05) is 0 Å². The second-order valence-electron chi connectivity index (χ2n) is 5.01. The lowest BCUT2D eigenvalue weighted by Crippen LogP contribution is -2.56. The monoisotopic (exact) mass is 218 g/mol. The number of nitrogens with two attached hydrogens (primary N) is 1. The van der Waals surface area contributed by atoms with E-state index in [4.69, 9.17) is 5.73 Å². The van der Waals surface area contributed by atoms with E-state index in [9.17, 15) is 8.78 Å². The zero-order chi connectivity index (χ0) is 10.9. The molecule has 0 unspecified atom stereocenters. The summed E-state index contributed by atoms with van der Waals surface area (Å²) in [5.41, 5.74) is 4.47. The smallest absolute Gasteiger partial charge is 0.256 e. The minimum atomic E-state index is -2.37. The molecule has 1 saturated heterocycles. The molecule has 1 heterocycles. The van der Waals surface area contributed by atoms with Gasteiger partial charge in [0.2, 0.25) is 0 Å². The number of hydrogen-bond donors (Lipinski definition) is 1. The minimum absolute atomic E-state index is 0.446. The Hall–Kier alpha value is -0.220. The van der Waals surface area contributed by atoms with Crippen molar-refractivity contribution in [2.24, 2.45) is 5.73 Å². The average molecular weight is 218 g/mol. The fourth-order valence-electron chi connectivity index (χ4n) is 2.79. The molecule has 1 aliphatic heterocycles. The molecule has 0 radical (unpaired) electrons. The Morgan fingerprint density at radius 2 is 1.67 bits per heavy atom. The third-order valence-electron chi connectivity index (χ3n) is 4.00. The van der Waals surface area contributed by atoms with Crippen LogP contribution in [-0.4, -0.2) is 36.0 Å². The van der Waals surface area contributed by atoms with Gasteiger partial charge in [-0.25, -0.2) is 8.78 Å². The number of nitrogens with zero attached hydrogens (tertiary/aromatic N) is 1. The quantitative estimate of drug-likeness (QED) is 0.768. The van der Waals surface area contributed by atoms with Crippen LogP contribution in [0.4, 0.5) is 8.78 Å². The molecule has 15 heavy (non-hydrogen) atoms. The fraction of sp³-hybridized carbons (Fsp3) is 1.00. The van der Waals surface area contributed by atoms with E-state index in [0.29, 0.717) is 18.9 Å². The Balaban J connectivity index is 1.86. The van der Waals surface area contributed by atoms with Crippen LogP contribution in [0.2, 0.25) is 0 Å². The van der Waals surface area contributed by atoms with E-state index in [2.05, 4.69) is 4.90 Å². The van der Waals surface area contributed by atoms with Crippen molar-refractivity contribution >= 4 is 0 Å². The van der Waals surface area contributed by atoms with E-state index in [-0.39, 0.29) is 0 Å². The van der Waals surface area contributed by atoms with Gasteiger partial charge in [0.25, 0.3) is 6.43 Å². The highest BCUT2D eigenvalue weighted by molar-refractivity contribution is 4.94. The maximum absolute atomic E-state index is 12.7. The molecule has 2 aliphatic rings. The van der Waals surface area contributed by atoms with Gasteiger partial charge in [-0.3, -0.25) is 0 Å². The first-order chi connectivity index (χ1) is 7.12. The molecule has 1 aliphatic carbocycles. The third kappa shape index (κ3) is 2.31. The first kappa shape index (κ1) is 11.3. The lowest BCUT2D eigenvalue weighted by Gasteiger charge is -2.41. The van der Waals surface area contributed by atoms with Crippen LogP contribution >= 0.6 is 0 Å². The number of halogens is 2. The Labute approximate surface area is 89.8 Å². The highest BCUT2D eigenvalue weighted by atomic mass is 19.3. The van der Waals surface area contributed by atoms with Gasteiger partial charge in [-0.1, -0.05) is 12.8 Å². The molecule has 88 valence electrons. The molecular formula is C11H20F2N2. The van der Waals surface area contributed by atoms with Crippen LogP contribution < -0.4 is 5.73 Å². The molecule has 2 N–H and O–H groups in total. The number of piperidine rings is 1. The summed E-state index contributed by atoms with van der Waals surface area (Å²) in [6.45, 7) is 1.51. The zero-order valence-corrected chi connectivity index (χ0v) is 9.09. The van der Waals surface area contributed by atoms with Crippen LogP contribution in [0.5, 0.6) is 0 Å². The van der Waals surface area contributed by atoms with Crippen LogP contribution in [0.15, 0.2) is 0 Å². The van der Waals surface area contributed by atoms with Crippen molar-refractivity contribution in [3.05, 3.63) is 0 Å². The second kappa shape index (κ2) is 4.34. The Kier molecular flexibility index (Phi) is 3.26. The maximum Gasteiger partial charge on any atom is 0.256 e. The predicted octanol–water partition coefficient (Wildman–Crippen LogP) is 1.99. The molecule has 2 nitrogen and oxygen atoms in total. The summed E-state index contributed by atoms with van der Waals surface area (Å²) in [6.07, 6.45) is 3.59. The SMILES string of the molecule is NC1(C(F)F)CCN(C2CCCC2)CC1. The van der Waals surface area contributed by atoms with Gasteiger partial charge in [-0.05, 0) is 25.7 Å². The lowest BCUT2D eigenvalue weighted by molar-refractivity contribution is 0.00334. The fourth-order valence-corrected chi connectivity index (χ4v) is 2.79. The molecule has 2 rings (SSSR count). The Morgan fingerprint density at radius 3 is 2.13 bits per heavy atom.